The number of sulfonamides is 1. The van der Waals surface area contributed by atoms with Gasteiger partial charge >= 0.3 is 5.97 Å². The number of esters is 1. The Balaban J connectivity index is 1.87. The molecule has 0 saturated heterocycles. The molecular formula is C24H25N3O5S. The lowest BCUT2D eigenvalue weighted by Crippen LogP contribution is -2.30. The Kier molecular flexibility index (Phi) is 7.68. The molecule has 0 saturated carbocycles. The van der Waals surface area contributed by atoms with Crippen molar-refractivity contribution in [2.45, 2.75) is 24.3 Å². The van der Waals surface area contributed by atoms with Crippen LogP contribution in [-0.2, 0) is 19.6 Å². The van der Waals surface area contributed by atoms with Crippen molar-refractivity contribution >= 4 is 33.3 Å². The Morgan fingerprint density at radius 1 is 0.970 bits per heavy atom. The summed E-state index contributed by atoms with van der Waals surface area (Å²) in [6.45, 7) is 1.90. The molecule has 3 rings (SSSR count). The van der Waals surface area contributed by atoms with Gasteiger partial charge in [0.15, 0.2) is 0 Å². The molecule has 0 aromatic heterocycles. The van der Waals surface area contributed by atoms with Gasteiger partial charge in [0.1, 0.15) is 0 Å². The first-order valence-corrected chi connectivity index (χ1v) is 11.8. The number of carbonyl (C=O) groups is 2. The molecule has 1 unspecified atom stereocenters. The van der Waals surface area contributed by atoms with Gasteiger partial charge in [-0.05, 0) is 55.0 Å². The van der Waals surface area contributed by atoms with Crippen LogP contribution in [0, 0.1) is 0 Å². The van der Waals surface area contributed by atoms with E-state index in [0.717, 1.165) is 0 Å². The smallest absolute Gasteiger partial charge is 0.308 e. The number of carbonyl (C=O) groups excluding carboxylic acids is 2. The third-order valence-electron chi connectivity index (χ3n) is 4.73. The van der Waals surface area contributed by atoms with Gasteiger partial charge in [-0.15, -0.1) is 0 Å². The van der Waals surface area contributed by atoms with Crippen LogP contribution in [0.15, 0.2) is 83.8 Å². The van der Waals surface area contributed by atoms with Crippen molar-refractivity contribution in [2.75, 3.05) is 17.1 Å². The standard InChI is InChI=1S/C24H25N3O5S/c1-2-32-23(28)16-22(26-24(29)17-8-4-3-5-9-17)18-10-6-12-20(14-18)27-33(30,31)21-13-7-11-19(25)15-21/h3-15,22,27H,2,16,25H2,1H3,(H,26,29). The maximum absolute atomic E-state index is 12.8. The van der Waals surface area contributed by atoms with Crippen molar-refractivity contribution in [2.24, 2.45) is 0 Å². The van der Waals surface area contributed by atoms with E-state index >= 15 is 0 Å². The highest BCUT2D eigenvalue weighted by atomic mass is 32.2. The summed E-state index contributed by atoms with van der Waals surface area (Å²) >= 11 is 0. The highest BCUT2D eigenvalue weighted by molar-refractivity contribution is 7.92. The lowest BCUT2D eigenvalue weighted by molar-refractivity contribution is -0.143. The van der Waals surface area contributed by atoms with Crippen LogP contribution in [0.25, 0.3) is 0 Å². The van der Waals surface area contributed by atoms with E-state index in [-0.39, 0.29) is 29.5 Å². The van der Waals surface area contributed by atoms with Crippen molar-refractivity contribution in [3.05, 3.63) is 90.0 Å². The molecule has 0 radical (unpaired) electrons. The number of ether oxygens (including phenoxy) is 1. The first-order chi connectivity index (χ1) is 15.8. The lowest BCUT2D eigenvalue weighted by atomic mass is 10.0. The summed E-state index contributed by atoms with van der Waals surface area (Å²) in [5.74, 6) is -0.850. The molecule has 0 aliphatic heterocycles. The fourth-order valence-electron chi connectivity index (χ4n) is 3.18. The highest BCUT2D eigenvalue weighted by Gasteiger charge is 2.21. The molecule has 3 aromatic carbocycles. The molecule has 172 valence electrons. The fourth-order valence-corrected chi connectivity index (χ4v) is 4.29. The Labute approximate surface area is 192 Å². The third kappa shape index (κ3) is 6.56. The number of benzene rings is 3. The van der Waals surface area contributed by atoms with Gasteiger partial charge in [-0.2, -0.15) is 0 Å². The van der Waals surface area contributed by atoms with Gasteiger partial charge in [-0.25, -0.2) is 8.42 Å². The van der Waals surface area contributed by atoms with Crippen LogP contribution in [0.2, 0.25) is 0 Å². The first kappa shape index (κ1) is 23.8. The minimum atomic E-state index is -3.88. The van der Waals surface area contributed by atoms with Crippen LogP contribution < -0.4 is 15.8 Å². The van der Waals surface area contributed by atoms with Gasteiger partial charge in [-0.3, -0.25) is 14.3 Å². The molecular weight excluding hydrogens is 442 g/mol. The normalized spacial score (nSPS) is 11.9. The summed E-state index contributed by atoms with van der Waals surface area (Å²) in [5.41, 5.74) is 7.28. The van der Waals surface area contributed by atoms with Crippen molar-refractivity contribution < 1.29 is 22.7 Å². The largest absolute Gasteiger partial charge is 0.466 e. The van der Waals surface area contributed by atoms with E-state index in [2.05, 4.69) is 10.0 Å². The number of nitrogen functional groups attached to an aromatic ring is 1. The number of nitrogens with one attached hydrogen (secondary N) is 2. The van der Waals surface area contributed by atoms with Gasteiger partial charge in [0.2, 0.25) is 0 Å². The Morgan fingerprint density at radius 2 is 1.70 bits per heavy atom. The van der Waals surface area contributed by atoms with E-state index in [4.69, 9.17) is 10.5 Å². The second-order valence-electron chi connectivity index (χ2n) is 7.20. The van der Waals surface area contributed by atoms with Gasteiger partial charge in [0, 0.05) is 16.9 Å². The maximum Gasteiger partial charge on any atom is 0.308 e. The van der Waals surface area contributed by atoms with E-state index in [1.54, 1.807) is 73.7 Å². The fraction of sp³-hybridized carbons (Fsp3) is 0.167. The van der Waals surface area contributed by atoms with Gasteiger partial charge in [-0.1, -0.05) is 36.4 Å². The average Bonchev–Trinajstić information content (AvgIpc) is 2.79. The van der Waals surface area contributed by atoms with Crippen molar-refractivity contribution in [3.8, 4) is 0 Å². The molecule has 0 fully saturated rings. The van der Waals surface area contributed by atoms with Crippen LogP contribution in [0.4, 0.5) is 11.4 Å². The van der Waals surface area contributed by atoms with Crippen LogP contribution in [0.5, 0.6) is 0 Å². The zero-order valence-electron chi connectivity index (χ0n) is 18.0. The Morgan fingerprint density at radius 3 is 2.39 bits per heavy atom. The summed E-state index contributed by atoms with van der Waals surface area (Å²) in [6.07, 6.45) is -0.113. The van der Waals surface area contributed by atoms with Crippen molar-refractivity contribution in [3.63, 3.8) is 0 Å². The predicted molar refractivity (Wildman–Crippen MR) is 126 cm³/mol. The summed E-state index contributed by atoms with van der Waals surface area (Å²) < 4.78 is 33.1. The van der Waals surface area contributed by atoms with E-state index < -0.39 is 22.0 Å². The summed E-state index contributed by atoms with van der Waals surface area (Å²) in [4.78, 5) is 24.9. The van der Waals surface area contributed by atoms with E-state index in [0.29, 0.717) is 16.8 Å². The molecule has 1 atom stereocenters. The molecule has 0 bridgehead atoms. The molecule has 33 heavy (non-hydrogen) atoms. The SMILES string of the molecule is CCOC(=O)CC(NC(=O)c1ccccc1)c1cccc(NS(=O)(=O)c2cccc(N)c2)c1. The number of anilines is 2. The van der Waals surface area contributed by atoms with Crippen molar-refractivity contribution in [1.29, 1.82) is 0 Å². The number of hydrogen-bond acceptors (Lipinski definition) is 6. The second-order valence-corrected chi connectivity index (χ2v) is 8.89. The lowest BCUT2D eigenvalue weighted by Gasteiger charge is -2.20. The molecule has 1 amide bonds. The molecule has 0 heterocycles. The summed E-state index contributed by atoms with van der Waals surface area (Å²) in [7, 11) is -3.88. The zero-order chi connectivity index (χ0) is 23.8. The monoisotopic (exact) mass is 467 g/mol. The zero-order valence-corrected chi connectivity index (χ0v) is 18.8. The minimum Gasteiger partial charge on any atom is -0.466 e. The van der Waals surface area contributed by atoms with Crippen LogP contribution >= 0.6 is 0 Å². The van der Waals surface area contributed by atoms with Crippen molar-refractivity contribution in [1.82, 2.24) is 5.32 Å². The molecule has 4 N–H and O–H groups in total. The maximum atomic E-state index is 12.8. The quantitative estimate of drug-likeness (QED) is 0.326. The average molecular weight is 468 g/mol. The van der Waals surface area contributed by atoms with E-state index in [1.807, 2.05) is 0 Å². The molecule has 0 aliphatic rings. The van der Waals surface area contributed by atoms with Crippen LogP contribution in [0.1, 0.15) is 35.3 Å². The third-order valence-corrected chi connectivity index (χ3v) is 6.11. The second kappa shape index (κ2) is 10.6. The molecule has 0 aliphatic carbocycles. The number of amides is 1. The van der Waals surface area contributed by atoms with Crippen LogP contribution in [0.3, 0.4) is 0 Å². The molecule has 0 spiro atoms. The van der Waals surface area contributed by atoms with E-state index in [9.17, 15) is 18.0 Å². The van der Waals surface area contributed by atoms with Gasteiger partial charge in [0.05, 0.1) is 24.0 Å². The Hall–Kier alpha value is -3.85. The van der Waals surface area contributed by atoms with Gasteiger partial charge in [0.25, 0.3) is 15.9 Å². The summed E-state index contributed by atoms with van der Waals surface area (Å²) in [5, 5.41) is 2.83. The Bertz CT molecular complexity index is 1230. The number of nitrogens with two attached hydrogens (primary N) is 1. The highest BCUT2D eigenvalue weighted by Crippen LogP contribution is 2.24. The number of hydrogen-bond donors (Lipinski definition) is 3. The molecule has 3 aromatic rings. The van der Waals surface area contributed by atoms with Gasteiger partial charge < -0.3 is 15.8 Å². The van der Waals surface area contributed by atoms with Crippen LogP contribution in [-0.4, -0.2) is 26.9 Å². The number of rotatable bonds is 9. The predicted octanol–water partition coefficient (Wildman–Crippen LogP) is 3.49. The summed E-state index contributed by atoms with van der Waals surface area (Å²) in [6, 6.07) is 20.3. The first-order valence-electron chi connectivity index (χ1n) is 10.3. The molecule has 8 nitrogen and oxygen atoms in total. The van der Waals surface area contributed by atoms with E-state index in [1.165, 1.54) is 12.1 Å². The minimum absolute atomic E-state index is 0.0216. The molecule has 9 heteroatoms. The topological polar surface area (TPSA) is 128 Å².